The van der Waals surface area contributed by atoms with Crippen molar-refractivity contribution >= 4 is 11.7 Å². The van der Waals surface area contributed by atoms with Gasteiger partial charge in [0.25, 0.3) is 0 Å². The Morgan fingerprint density at radius 3 is 2.64 bits per heavy atom. The summed E-state index contributed by atoms with van der Waals surface area (Å²) in [5, 5.41) is 13.0. The maximum absolute atomic E-state index is 13.5. The van der Waals surface area contributed by atoms with Gasteiger partial charge in [0.2, 0.25) is 0 Å². The molecule has 5 rings (SSSR count). The number of hydrogen-bond acceptors (Lipinski definition) is 3. The van der Waals surface area contributed by atoms with Gasteiger partial charge in [0.05, 0.1) is 6.61 Å². The summed E-state index contributed by atoms with van der Waals surface area (Å²) in [5.74, 6) is 6.91. The highest BCUT2D eigenvalue weighted by Crippen LogP contribution is 2.42. The van der Waals surface area contributed by atoms with Gasteiger partial charge in [-0.3, -0.25) is 4.90 Å². The van der Waals surface area contributed by atoms with Crippen LogP contribution in [-0.2, 0) is 0 Å². The standard InChI is InChI=1S/C27H30FN3O2/c28-22-4-3-5-23(16-22)29-27(33)30-14-1-2-15-31-24(17-30)26(25(31)18-32)21-12-10-20(11-13-21)9-8-19-6-7-19/h3-5,10-13,16,19,24-26,32H,1-2,6-7,14-15,17-18H2,(H,29,33)/t24-,25+,26+/m1/s1. The van der Waals surface area contributed by atoms with Gasteiger partial charge in [-0.2, -0.15) is 0 Å². The molecule has 2 heterocycles. The molecule has 0 aromatic heterocycles. The summed E-state index contributed by atoms with van der Waals surface area (Å²) in [6.07, 6.45) is 4.30. The van der Waals surface area contributed by atoms with E-state index in [0.717, 1.165) is 24.9 Å². The molecule has 0 spiro atoms. The monoisotopic (exact) mass is 447 g/mol. The molecule has 1 aliphatic carbocycles. The molecule has 172 valence electrons. The first kappa shape index (κ1) is 21.9. The van der Waals surface area contributed by atoms with Crippen LogP contribution in [0.2, 0.25) is 0 Å². The van der Waals surface area contributed by atoms with Gasteiger partial charge < -0.3 is 15.3 Å². The molecule has 2 aliphatic heterocycles. The average Bonchev–Trinajstić information content (AvgIpc) is 3.62. The summed E-state index contributed by atoms with van der Waals surface area (Å²) < 4.78 is 13.5. The Balaban J connectivity index is 1.32. The van der Waals surface area contributed by atoms with E-state index < -0.39 is 0 Å². The minimum Gasteiger partial charge on any atom is -0.395 e. The van der Waals surface area contributed by atoms with Crippen LogP contribution in [0.3, 0.4) is 0 Å². The zero-order valence-electron chi connectivity index (χ0n) is 18.7. The first-order valence-electron chi connectivity index (χ1n) is 11.9. The highest BCUT2D eigenvalue weighted by molar-refractivity contribution is 5.89. The molecule has 3 aliphatic rings. The number of nitrogens with zero attached hydrogens (tertiary/aromatic N) is 2. The Kier molecular flexibility index (Phi) is 6.34. The summed E-state index contributed by atoms with van der Waals surface area (Å²) in [6.45, 7) is 2.26. The normalized spacial score (nSPS) is 25.0. The number of aliphatic hydroxyl groups is 1. The number of rotatable bonds is 3. The summed E-state index contributed by atoms with van der Waals surface area (Å²) in [6, 6.07) is 14.3. The largest absolute Gasteiger partial charge is 0.395 e. The second-order valence-electron chi connectivity index (χ2n) is 9.34. The molecule has 5 nitrogen and oxygen atoms in total. The van der Waals surface area contributed by atoms with E-state index >= 15 is 0 Å². The Morgan fingerprint density at radius 1 is 1.12 bits per heavy atom. The fourth-order valence-corrected chi connectivity index (χ4v) is 5.10. The fourth-order valence-electron chi connectivity index (χ4n) is 5.10. The number of hydrogen-bond donors (Lipinski definition) is 2. The van der Waals surface area contributed by atoms with Crippen LogP contribution in [-0.4, -0.2) is 59.3 Å². The first-order chi connectivity index (χ1) is 16.1. The number of aliphatic hydroxyl groups excluding tert-OH is 1. The Hall–Kier alpha value is -2.88. The predicted octanol–water partition coefficient (Wildman–Crippen LogP) is 4.04. The second-order valence-corrected chi connectivity index (χ2v) is 9.34. The third-order valence-corrected chi connectivity index (χ3v) is 7.03. The van der Waals surface area contributed by atoms with Crippen molar-refractivity contribution in [1.29, 1.82) is 0 Å². The van der Waals surface area contributed by atoms with Crippen LogP contribution in [0.4, 0.5) is 14.9 Å². The zero-order valence-corrected chi connectivity index (χ0v) is 18.7. The number of halogens is 1. The van der Waals surface area contributed by atoms with Crippen LogP contribution < -0.4 is 5.32 Å². The lowest BCUT2D eigenvalue weighted by molar-refractivity contribution is -0.0585. The number of nitrogens with one attached hydrogen (secondary N) is 1. The Morgan fingerprint density at radius 2 is 1.91 bits per heavy atom. The van der Waals surface area contributed by atoms with Crippen LogP contribution >= 0.6 is 0 Å². The van der Waals surface area contributed by atoms with Crippen LogP contribution in [0.1, 0.15) is 42.7 Å². The molecule has 3 fully saturated rings. The Bertz CT molecular complexity index is 1060. The minimum absolute atomic E-state index is 0.0598. The van der Waals surface area contributed by atoms with Gasteiger partial charge >= 0.3 is 6.03 Å². The second kappa shape index (κ2) is 9.54. The molecule has 33 heavy (non-hydrogen) atoms. The predicted molar refractivity (Wildman–Crippen MR) is 126 cm³/mol. The van der Waals surface area contributed by atoms with Crippen LogP contribution in [0.5, 0.6) is 0 Å². The number of carbonyl (C=O) groups is 1. The molecule has 0 unspecified atom stereocenters. The van der Waals surface area contributed by atoms with Crippen molar-refractivity contribution in [3.8, 4) is 11.8 Å². The van der Waals surface area contributed by atoms with Gasteiger partial charge in [-0.25, -0.2) is 9.18 Å². The molecular weight excluding hydrogens is 417 g/mol. The summed E-state index contributed by atoms with van der Waals surface area (Å²) >= 11 is 0. The lowest BCUT2D eigenvalue weighted by atomic mass is 9.74. The highest BCUT2D eigenvalue weighted by Gasteiger charge is 2.49. The van der Waals surface area contributed by atoms with Gasteiger partial charge in [0, 0.05) is 48.3 Å². The maximum atomic E-state index is 13.5. The molecule has 6 heteroatoms. The SMILES string of the molecule is O=C(Nc1cccc(F)c1)N1CCCCN2[C@H](C1)[C@H](c1ccc(C#CC3CC3)cc1)[C@@H]2CO. The van der Waals surface area contributed by atoms with Crippen molar-refractivity contribution in [3.63, 3.8) is 0 Å². The topological polar surface area (TPSA) is 55.8 Å². The number of benzene rings is 2. The molecule has 3 atom stereocenters. The number of carbonyl (C=O) groups excluding carboxylic acids is 1. The van der Waals surface area contributed by atoms with Crippen molar-refractivity contribution in [3.05, 3.63) is 65.5 Å². The maximum Gasteiger partial charge on any atom is 0.321 e. The van der Waals surface area contributed by atoms with Gasteiger partial charge in [-0.05, 0) is 68.1 Å². The molecule has 0 bridgehead atoms. The number of urea groups is 1. The zero-order chi connectivity index (χ0) is 22.8. The lowest BCUT2D eigenvalue weighted by Gasteiger charge is -2.57. The fraction of sp³-hybridized carbons (Fsp3) is 0.444. The van der Waals surface area contributed by atoms with Crippen molar-refractivity contribution in [2.24, 2.45) is 5.92 Å². The smallest absolute Gasteiger partial charge is 0.321 e. The van der Waals surface area contributed by atoms with E-state index in [1.165, 1.54) is 30.5 Å². The van der Waals surface area contributed by atoms with E-state index in [9.17, 15) is 14.3 Å². The molecule has 2 aromatic rings. The third kappa shape index (κ3) is 4.90. The van der Waals surface area contributed by atoms with E-state index in [4.69, 9.17) is 0 Å². The van der Waals surface area contributed by atoms with E-state index in [1.54, 1.807) is 12.1 Å². The number of amides is 2. The number of fused-ring (bicyclic) bond motifs is 1. The van der Waals surface area contributed by atoms with E-state index in [1.807, 2.05) is 4.90 Å². The number of anilines is 1. The summed E-state index contributed by atoms with van der Waals surface area (Å²) in [7, 11) is 0. The highest BCUT2D eigenvalue weighted by atomic mass is 19.1. The van der Waals surface area contributed by atoms with Gasteiger partial charge in [0.15, 0.2) is 0 Å². The third-order valence-electron chi connectivity index (χ3n) is 7.03. The van der Waals surface area contributed by atoms with Crippen LogP contribution in [0.25, 0.3) is 0 Å². The molecule has 2 saturated heterocycles. The molecule has 2 N–H and O–H groups in total. The minimum atomic E-state index is -0.373. The van der Waals surface area contributed by atoms with Crippen molar-refractivity contribution in [2.75, 3.05) is 31.6 Å². The summed E-state index contributed by atoms with van der Waals surface area (Å²) in [5.41, 5.74) is 2.66. The van der Waals surface area contributed by atoms with Gasteiger partial charge in [-0.1, -0.05) is 30.0 Å². The molecule has 2 aromatic carbocycles. The van der Waals surface area contributed by atoms with Gasteiger partial charge in [0.1, 0.15) is 5.82 Å². The summed E-state index contributed by atoms with van der Waals surface area (Å²) in [4.78, 5) is 17.2. The quantitative estimate of drug-likeness (QED) is 0.699. The molecule has 2 amide bonds. The van der Waals surface area contributed by atoms with Crippen LogP contribution in [0.15, 0.2) is 48.5 Å². The molecular formula is C27H30FN3O2. The van der Waals surface area contributed by atoms with E-state index in [0.29, 0.717) is 24.7 Å². The molecule has 1 saturated carbocycles. The average molecular weight is 448 g/mol. The van der Waals surface area contributed by atoms with Crippen LogP contribution in [0, 0.1) is 23.6 Å². The Labute approximate surface area is 194 Å². The van der Waals surface area contributed by atoms with Crippen molar-refractivity contribution in [2.45, 2.75) is 43.7 Å². The van der Waals surface area contributed by atoms with E-state index in [2.05, 4.69) is 46.3 Å². The molecule has 0 radical (unpaired) electrons. The van der Waals surface area contributed by atoms with Crippen molar-refractivity contribution < 1.29 is 14.3 Å². The first-order valence-corrected chi connectivity index (χ1v) is 11.9. The van der Waals surface area contributed by atoms with E-state index in [-0.39, 0.29) is 36.5 Å². The van der Waals surface area contributed by atoms with Crippen molar-refractivity contribution in [1.82, 2.24) is 9.80 Å². The lowest BCUT2D eigenvalue weighted by Crippen LogP contribution is -2.68. The van der Waals surface area contributed by atoms with Gasteiger partial charge in [-0.15, -0.1) is 0 Å².